The van der Waals surface area contributed by atoms with E-state index in [-0.39, 0.29) is 47.0 Å². The van der Waals surface area contributed by atoms with Crippen LogP contribution >= 0.6 is 0 Å². The number of rotatable bonds is 9. The van der Waals surface area contributed by atoms with Crippen molar-refractivity contribution in [1.29, 1.82) is 0 Å². The Morgan fingerprint density at radius 2 is 1.79 bits per heavy atom. The molecule has 3 aromatic rings. The number of benzene rings is 1. The SMILES string of the molecule is Cn1ccc(C2=C(c3nn[nH]n3)C(=O)N[C@@](c3ccc(OCCCCCC(F)(F)F)cc3)(C(F)(F)F)C2)n1. The Bertz CT molecular complexity index is 1280. The van der Waals surface area contributed by atoms with Crippen molar-refractivity contribution < 1.29 is 35.9 Å². The van der Waals surface area contributed by atoms with E-state index >= 15 is 0 Å². The smallest absolute Gasteiger partial charge is 0.416 e. The second-order valence-corrected chi connectivity index (χ2v) is 8.80. The van der Waals surface area contributed by atoms with E-state index in [1.807, 2.05) is 0 Å². The summed E-state index contributed by atoms with van der Waals surface area (Å²) in [6.45, 7) is 0.110. The number of nitrogens with one attached hydrogen (secondary N) is 2. The number of H-pyrrole nitrogens is 1. The van der Waals surface area contributed by atoms with E-state index in [0.717, 1.165) is 0 Å². The Kier molecular flexibility index (Phi) is 7.47. The third-order valence-electron chi connectivity index (χ3n) is 6.09. The third kappa shape index (κ3) is 5.81. The van der Waals surface area contributed by atoms with Gasteiger partial charge in [0.05, 0.1) is 17.9 Å². The van der Waals surface area contributed by atoms with Gasteiger partial charge in [0.25, 0.3) is 5.91 Å². The third-order valence-corrected chi connectivity index (χ3v) is 6.09. The molecule has 0 spiro atoms. The van der Waals surface area contributed by atoms with Crippen LogP contribution < -0.4 is 10.1 Å². The highest BCUT2D eigenvalue weighted by atomic mass is 19.4. The number of nitrogens with zero attached hydrogens (tertiary/aromatic N) is 5. The summed E-state index contributed by atoms with van der Waals surface area (Å²) < 4.78 is 87.6. The molecule has 1 amide bonds. The molecule has 0 saturated heterocycles. The number of alkyl halides is 6. The van der Waals surface area contributed by atoms with Gasteiger partial charge < -0.3 is 10.1 Å². The minimum absolute atomic E-state index is 0.00717. The molecule has 15 heteroatoms. The van der Waals surface area contributed by atoms with Gasteiger partial charge in [-0.2, -0.15) is 36.7 Å². The molecule has 0 unspecified atom stereocenters. The number of ether oxygens (including phenoxy) is 1. The number of carbonyl (C=O) groups excluding carboxylic acids is 1. The van der Waals surface area contributed by atoms with Crippen LogP contribution in [0.1, 0.15) is 49.2 Å². The maximum atomic E-state index is 14.7. The summed E-state index contributed by atoms with van der Waals surface area (Å²) in [6, 6.07) is 6.53. The average Bonchev–Trinajstić information content (AvgIpc) is 3.52. The summed E-state index contributed by atoms with van der Waals surface area (Å²) in [5.41, 5.74) is -3.06. The number of unbranched alkanes of at least 4 members (excludes halogenated alkanes) is 2. The fourth-order valence-electron chi connectivity index (χ4n) is 4.23. The van der Waals surface area contributed by atoms with Crippen LogP contribution in [0.25, 0.3) is 11.1 Å². The van der Waals surface area contributed by atoms with Gasteiger partial charge >= 0.3 is 12.4 Å². The van der Waals surface area contributed by atoms with Crippen LogP contribution in [0.5, 0.6) is 5.75 Å². The Balaban J connectivity index is 1.59. The molecule has 0 radical (unpaired) electrons. The molecule has 3 heterocycles. The molecule has 0 bridgehead atoms. The molecular formula is C23H23F6N7O2. The first-order valence-corrected chi connectivity index (χ1v) is 11.6. The number of hydrogen-bond acceptors (Lipinski definition) is 6. The highest BCUT2D eigenvalue weighted by Crippen LogP contribution is 2.49. The summed E-state index contributed by atoms with van der Waals surface area (Å²) in [4.78, 5) is 13.2. The number of aryl methyl sites for hydroxylation is 1. The zero-order chi connectivity index (χ0) is 27.6. The molecule has 0 fully saturated rings. The van der Waals surface area contributed by atoms with E-state index in [0.29, 0.717) is 12.8 Å². The largest absolute Gasteiger partial charge is 0.494 e. The zero-order valence-corrected chi connectivity index (χ0v) is 20.0. The van der Waals surface area contributed by atoms with Crippen LogP contribution in [0.2, 0.25) is 0 Å². The minimum Gasteiger partial charge on any atom is -0.494 e. The van der Waals surface area contributed by atoms with Gasteiger partial charge in [-0.25, -0.2) is 0 Å². The van der Waals surface area contributed by atoms with Crippen molar-refractivity contribution in [1.82, 2.24) is 35.7 Å². The normalized spacial score (nSPS) is 18.6. The first kappa shape index (κ1) is 27.1. The monoisotopic (exact) mass is 543 g/mol. The molecule has 4 rings (SSSR count). The number of tetrazole rings is 1. The lowest BCUT2D eigenvalue weighted by molar-refractivity contribution is -0.201. The molecule has 204 valence electrons. The minimum atomic E-state index is -4.91. The molecule has 2 aromatic heterocycles. The summed E-state index contributed by atoms with van der Waals surface area (Å²) >= 11 is 0. The zero-order valence-electron chi connectivity index (χ0n) is 20.0. The van der Waals surface area contributed by atoms with E-state index in [4.69, 9.17) is 4.74 Å². The van der Waals surface area contributed by atoms with Gasteiger partial charge in [-0.15, -0.1) is 10.2 Å². The van der Waals surface area contributed by atoms with Crippen LogP contribution in [0.3, 0.4) is 0 Å². The van der Waals surface area contributed by atoms with Crippen LogP contribution in [-0.2, 0) is 17.4 Å². The lowest BCUT2D eigenvalue weighted by Gasteiger charge is -2.40. The lowest BCUT2D eigenvalue weighted by Crippen LogP contribution is -2.58. The first-order valence-electron chi connectivity index (χ1n) is 11.6. The van der Waals surface area contributed by atoms with Gasteiger partial charge in [-0.05, 0) is 53.8 Å². The van der Waals surface area contributed by atoms with Gasteiger partial charge in [-0.3, -0.25) is 9.48 Å². The summed E-state index contributed by atoms with van der Waals surface area (Å²) in [7, 11) is 1.59. The molecule has 9 nitrogen and oxygen atoms in total. The van der Waals surface area contributed by atoms with Crippen molar-refractivity contribution in [2.75, 3.05) is 6.61 Å². The van der Waals surface area contributed by atoms with Gasteiger partial charge in [-0.1, -0.05) is 12.1 Å². The quantitative estimate of drug-likeness (QED) is 0.307. The highest BCUT2D eigenvalue weighted by Gasteiger charge is 2.60. The lowest BCUT2D eigenvalue weighted by atomic mass is 9.77. The first-order chi connectivity index (χ1) is 17.9. The molecule has 2 N–H and O–H groups in total. The Morgan fingerprint density at radius 1 is 1.05 bits per heavy atom. The van der Waals surface area contributed by atoms with E-state index in [1.54, 1.807) is 7.05 Å². The number of hydrogen-bond donors (Lipinski definition) is 2. The van der Waals surface area contributed by atoms with Crippen LogP contribution in [0.4, 0.5) is 26.3 Å². The van der Waals surface area contributed by atoms with Gasteiger partial charge in [0.15, 0.2) is 5.54 Å². The molecule has 0 aliphatic carbocycles. The maximum absolute atomic E-state index is 14.7. The predicted octanol–water partition coefficient (Wildman–Crippen LogP) is 4.32. The summed E-state index contributed by atoms with van der Waals surface area (Å²) in [5.74, 6) is -0.968. The Labute approximate surface area is 212 Å². The van der Waals surface area contributed by atoms with Gasteiger partial charge in [0.1, 0.15) is 5.75 Å². The van der Waals surface area contributed by atoms with E-state index < -0.39 is 36.6 Å². The molecular weight excluding hydrogens is 520 g/mol. The summed E-state index contributed by atoms with van der Waals surface area (Å²) in [5, 5.41) is 19.5. The maximum Gasteiger partial charge on any atom is 0.416 e. The fourth-order valence-corrected chi connectivity index (χ4v) is 4.23. The molecule has 1 aromatic carbocycles. The van der Waals surface area contributed by atoms with E-state index in [9.17, 15) is 31.1 Å². The van der Waals surface area contributed by atoms with Crippen LogP contribution in [-0.4, -0.2) is 55.3 Å². The Morgan fingerprint density at radius 3 is 2.37 bits per heavy atom. The number of halogens is 6. The fraction of sp³-hybridized carbons (Fsp3) is 0.435. The number of aromatic nitrogens is 6. The van der Waals surface area contributed by atoms with Crippen LogP contribution in [0.15, 0.2) is 36.5 Å². The average molecular weight is 543 g/mol. The second-order valence-electron chi connectivity index (χ2n) is 8.80. The van der Waals surface area contributed by atoms with E-state index in [1.165, 1.54) is 41.2 Å². The van der Waals surface area contributed by atoms with Crippen molar-refractivity contribution in [2.45, 2.75) is 50.0 Å². The van der Waals surface area contributed by atoms with Crippen molar-refractivity contribution >= 4 is 17.1 Å². The standard InChI is InChI=1S/C23H23F6N7O2/c1-36-11-9-17(33-36)16-13-21(23(27,28)29,30-20(37)18(16)19-31-34-35-32-19)14-5-7-15(8-6-14)38-12-4-2-3-10-22(24,25)26/h5-9,11H,2-4,10,12-13H2,1H3,(H,30,37)(H,31,32,34,35)/t21-/m0/s1. The van der Waals surface area contributed by atoms with Gasteiger partial charge in [0.2, 0.25) is 5.82 Å². The molecule has 38 heavy (non-hydrogen) atoms. The van der Waals surface area contributed by atoms with Gasteiger partial charge in [0, 0.05) is 26.1 Å². The summed E-state index contributed by atoms with van der Waals surface area (Å²) in [6.07, 6.45) is -8.53. The molecule has 1 aliphatic rings. The van der Waals surface area contributed by atoms with Crippen LogP contribution in [0, 0.1) is 0 Å². The highest BCUT2D eigenvalue weighted by molar-refractivity contribution is 6.27. The Hall–Kier alpha value is -3.91. The number of aromatic amines is 1. The predicted molar refractivity (Wildman–Crippen MR) is 121 cm³/mol. The molecule has 0 saturated carbocycles. The second kappa shape index (κ2) is 10.5. The van der Waals surface area contributed by atoms with E-state index in [2.05, 4.69) is 31.0 Å². The topological polar surface area (TPSA) is 111 Å². The number of amides is 1. The van der Waals surface area contributed by atoms with Crippen molar-refractivity contribution in [2.24, 2.45) is 7.05 Å². The van der Waals surface area contributed by atoms with Crippen molar-refractivity contribution in [3.05, 3.63) is 53.6 Å². The molecule has 1 atom stereocenters. The van der Waals surface area contributed by atoms with Crippen molar-refractivity contribution in [3.63, 3.8) is 0 Å². The number of carbonyl (C=O) groups is 1. The van der Waals surface area contributed by atoms with Crippen molar-refractivity contribution in [3.8, 4) is 5.75 Å². The molecule has 1 aliphatic heterocycles.